The third-order valence-corrected chi connectivity index (χ3v) is 3.35. The van der Waals surface area contributed by atoms with Crippen LogP contribution in [0.25, 0.3) is 0 Å². The summed E-state index contributed by atoms with van der Waals surface area (Å²) in [6.45, 7) is 7.14. The van der Waals surface area contributed by atoms with Crippen LogP contribution in [0.3, 0.4) is 0 Å². The van der Waals surface area contributed by atoms with E-state index in [-0.39, 0.29) is 12.1 Å². The Hall–Kier alpha value is -1.63. The van der Waals surface area contributed by atoms with Gasteiger partial charge in [-0.1, -0.05) is 0 Å². The third kappa shape index (κ3) is 3.23. The maximum atomic E-state index is 9.73. The van der Waals surface area contributed by atoms with Gasteiger partial charge in [0, 0.05) is 26.2 Å². The van der Waals surface area contributed by atoms with E-state index < -0.39 is 0 Å². The molecule has 0 amide bonds. The summed E-state index contributed by atoms with van der Waals surface area (Å²) < 4.78 is 0. The monoisotopic (exact) mass is 266 g/mol. The van der Waals surface area contributed by atoms with E-state index in [4.69, 9.17) is 5.73 Å². The van der Waals surface area contributed by atoms with E-state index in [0.29, 0.717) is 18.4 Å². The van der Waals surface area contributed by atoms with Crippen molar-refractivity contribution in [1.82, 2.24) is 15.0 Å². The molecule has 7 nitrogen and oxygen atoms in total. The molecular weight excluding hydrogens is 244 g/mol. The Morgan fingerprint density at radius 2 is 2.05 bits per heavy atom. The summed E-state index contributed by atoms with van der Waals surface area (Å²) in [6, 6.07) is 0. The Morgan fingerprint density at radius 3 is 2.68 bits per heavy atom. The lowest BCUT2D eigenvalue weighted by Crippen LogP contribution is -2.39. The molecule has 1 fully saturated rings. The fraction of sp³-hybridized carbons (Fsp3) is 0.750. The zero-order valence-corrected chi connectivity index (χ0v) is 11.6. The summed E-state index contributed by atoms with van der Waals surface area (Å²) in [5, 5.41) is 9.73. The number of aliphatic hydroxyl groups excluding tert-OH is 1. The zero-order valence-electron chi connectivity index (χ0n) is 11.6. The van der Waals surface area contributed by atoms with Gasteiger partial charge in [0.05, 0.1) is 6.10 Å². The van der Waals surface area contributed by atoms with Crippen molar-refractivity contribution in [2.24, 2.45) is 0 Å². The Labute approximate surface area is 113 Å². The van der Waals surface area contributed by atoms with Crippen molar-refractivity contribution >= 4 is 17.8 Å². The van der Waals surface area contributed by atoms with Gasteiger partial charge in [-0.2, -0.15) is 15.0 Å². The van der Waals surface area contributed by atoms with E-state index in [1.165, 1.54) is 0 Å². The molecule has 7 heteroatoms. The van der Waals surface area contributed by atoms with Crippen molar-refractivity contribution in [3.63, 3.8) is 0 Å². The number of rotatable bonds is 4. The van der Waals surface area contributed by atoms with Gasteiger partial charge in [-0.25, -0.2) is 0 Å². The molecule has 0 saturated carbocycles. The molecule has 1 aliphatic rings. The standard InChI is InChI=1S/C12H22N6O/c1-3-17(4-2)11-14-10(13)15-12(16-11)18-7-5-6-9(19)8-18/h9,19H,3-8H2,1-2H3,(H2,13,14,15,16). The number of anilines is 3. The van der Waals surface area contributed by atoms with Crippen LogP contribution in [0, 0.1) is 0 Å². The van der Waals surface area contributed by atoms with Crippen molar-refractivity contribution in [3.8, 4) is 0 Å². The minimum absolute atomic E-state index is 0.229. The number of nitrogens with zero attached hydrogens (tertiary/aromatic N) is 5. The first-order valence-electron chi connectivity index (χ1n) is 6.83. The lowest BCUT2D eigenvalue weighted by molar-refractivity contribution is 0.153. The van der Waals surface area contributed by atoms with E-state index in [1.807, 2.05) is 23.6 Å². The van der Waals surface area contributed by atoms with Gasteiger partial charge in [-0.3, -0.25) is 0 Å². The van der Waals surface area contributed by atoms with Crippen molar-refractivity contribution in [2.75, 3.05) is 41.7 Å². The molecule has 0 bridgehead atoms. The largest absolute Gasteiger partial charge is 0.391 e. The molecule has 0 aliphatic carbocycles. The molecule has 1 unspecified atom stereocenters. The van der Waals surface area contributed by atoms with Gasteiger partial charge in [0.25, 0.3) is 0 Å². The first kappa shape index (κ1) is 13.8. The summed E-state index contributed by atoms with van der Waals surface area (Å²) in [5.74, 6) is 1.40. The SMILES string of the molecule is CCN(CC)c1nc(N)nc(N2CCCC(O)C2)n1. The average Bonchev–Trinajstić information content (AvgIpc) is 2.39. The molecule has 2 rings (SSSR count). The maximum absolute atomic E-state index is 9.73. The van der Waals surface area contributed by atoms with Gasteiger partial charge in [0.2, 0.25) is 17.8 Å². The highest BCUT2D eigenvalue weighted by Crippen LogP contribution is 2.19. The molecule has 0 spiro atoms. The molecule has 3 N–H and O–H groups in total. The highest BCUT2D eigenvalue weighted by Gasteiger charge is 2.21. The number of nitrogen functional groups attached to an aromatic ring is 1. The summed E-state index contributed by atoms with van der Waals surface area (Å²) in [5.41, 5.74) is 5.77. The molecule has 0 aromatic carbocycles. The fourth-order valence-corrected chi connectivity index (χ4v) is 2.30. The summed E-state index contributed by atoms with van der Waals surface area (Å²) in [6.07, 6.45) is 1.46. The quantitative estimate of drug-likeness (QED) is 0.807. The molecular formula is C12H22N6O. The zero-order chi connectivity index (χ0) is 13.8. The number of aliphatic hydroxyl groups is 1. The van der Waals surface area contributed by atoms with Gasteiger partial charge >= 0.3 is 0 Å². The Kier molecular flexibility index (Phi) is 4.36. The third-order valence-electron chi connectivity index (χ3n) is 3.35. The predicted molar refractivity (Wildman–Crippen MR) is 75.3 cm³/mol. The molecule has 1 aromatic rings. The van der Waals surface area contributed by atoms with E-state index >= 15 is 0 Å². The molecule has 106 valence electrons. The van der Waals surface area contributed by atoms with Crippen molar-refractivity contribution < 1.29 is 5.11 Å². The molecule has 1 atom stereocenters. The molecule has 1 aliphatic heterocycles. The fourth-order valence-electron chi connectivity index (χ4n) is 2.30. The van der Waals surface area contributed by atoms with Crippen LogP contribution in [-0.2, 0) is 0 Å². The number of β-amino-alcohol motifs (C(OH)–C–C–N with tert-alkyl or cyclic N) is 1. The Balaban J connectivity index is 2.25. The molecule has 1 saturated heterocycles. The van der Waals surface area contributed by atoms with Crippen molar-refractivity contribution in [3.05, 3.63) is 0 Å². The second kappa shape index (κ2) is 6.01. The smallest absolute Gasteiger partial charge is 0.232 e. The minimum Gasteiger partial charge on any atom is -0.391 e. The van der Waals surface area contributed by atoms with Crippen molar-refractivity contribution in [2.45, 2.75) is 32.8 Å². The van der Waals surface area contributed by atoms with Crippen molar-refractivity contribution in [1.29, 1.82) is 0 Å². The Morgan fingerprint density at radius 1 is 1.32 bits per heavy atom. The van der Waals surface area contributed by atoms with Crippen LogP contribution >= 0.6 is 0 Å². The van der Waals surface area contributed by atoms with E-state index in [0.717, 1.165) is 32.5 Å². The van der Waals surface area contributed by atoms with Crippen LogP contribution in [0.4, 0.5) is 17.8 Å². The first-order chi connectivity index (χ1) is 9.13. The second-order valence-corrected chi connectivity index (χ2v) is 4.71. The molecule has 0 radical (unpaired) electrons. The van der Waals surface area contributed by atoms with Crippen LogP contribution in [0.5, 0.6) is 0 Å². The van der Waals surface area contributed by atoms with Crippen LogP contribution in [0.15, 0.2) is 0 Å². The first-order valence-corrected chi connectivity index (χ1v) is 6.83. The van der Waals surface area contributed by atoms with Crippen LogP contribution in [-0.4, -0.2) is 52.3 Å². The maximum Gasteiger partial charge on any atom is 0.232 e. The number of hydrogen-bond acceptors (Lipinski definition) is 7. The number of aromatic nitrogens is 3. The van der Waals surface area contributed by atoms with Gasteiger partial charge < -0.3 is 20.6 Å². The predicted octanol–water partition coefficient (Wildman–Crippen LogP) is 0.261. The van der Waals surface area contributed by atoms with E-state index in [1.54, 1.807) is 0 Å². The topological polar surface area (TPSA) is 91.4 Å². The summed E-state index contributed by atoms with van der Waals surface area (Å²) >= 11 is 0. The summed E-state index contributed by atoms with van der Waals surface area (Å²) in [7, 11) is 0. The summed E-state index contributed by atoms with van der Waals surface area (Å²) in [4.78, 5) is 16.8. The van der Waals surface area contributed by atoms with Gasteiger partial charge in [-0.05, 0) is 26.7 Å². The normalized spacial score (nSPS) is 19.5. The number of hydrogen-bond donors (Lipinski definition) is 2. The lowest BCUT2D eigenvalue weighted by atomic mass is 10.1. The molecule has 19 heavy (non-hydrogen) atoms. The van der Waals surface area contributed by atoms with Crippen LogP contribution in [0.1, 0.15) is 26.7 Å². The van der Waals surface area contributed by atoms with Gasteiger partial charge in [0.15, 0.2) is 0 Å². The Bertz CT molecular complexity index is 423. The minimum atomic E-state index is -0.316. The number of nitrogens with two attached hydrogens (primary N) is 1. The number of piperidine rings is 1. The molecule has 2 heterocycles. The van der Waals surface area contributed by atoms with E-state index in [9.17, 15) is 5.11 Å². The highest BCUT2D eigenvalue weighted by molar-refractivity contribution is 5.43. The lowest BCUT2D eigenvalue weighted by Gasteiger charge is -2.30. The van der Waals surface area contributed by atoms with Crippen LogP contribution in [0.2, 0.25) is 0 Å². The highest BCUT2D eigenvalue weighted by atomic mass is 16.3. The molecule has 1 aromatic heterocycles. The van der Waals surface area contributed by atoms with E-state index in [2.05, 4.69) is 15.0 Å². The average molecular weight is 266 g/mol. The van der Waals surface area contributed by atoms with Gasteiger partial charge in [-0.15, -0.1) is 0 Å². The van der Waals surface area contributed by atoms with Gasteiger partial charge in [0.1, 0.15) is 0 Å². The second-order valence-electron chi connectivity index (χ2n) is 4.71. The van der Waals surface area contributed by atoms with Crippen LogP contribution < -0.4 is 15.5 Å².